The van der Waals surface area contributed by atoms with E-state index in [4.69, 9.17) is 5.73 Å². The third-order valence-corrected chi connectivity index (χ3v) is 2.24. The fraction of sp³-hybridized carbons (Fsp3) is 0.364. The molecule has 0 unspecified atom stereocenters. The summed E-state index contributed by atoms with van der Waals surface area (Å²) in [7, 11) is 0. The molecule has 5 heteroatoms. The summed E-state index contributed by atoms with van der Waals surface area (Å²) in [5.74, 6) is -0.368. The topological polar surface area (TPSA) is 43.1 Å². The molecule has 0 spiro atoms. The molecular weight excluding hydrogens is 219 g/mol. The van der Waals surface area contributed by atoms with Crippen LogP contribution in [0.4, 0.5) is 13.2 Å². The van der Waals surface area contributed by atoms with Gasteiger partial charge in [0.15, 0.2) is 5.78 Å². The number of nitrogens with two attached hydrogens (primary N) is 1. The highest BCUT2D eigenvalue weighted by molar-refractivity contribution is 5.96. The summed E-state index contributed by atoms with van der Waals surface area (Å²) in [5.41, 5.74) is 4.58. The van der Waals surface area contributed by atoms with Crippen molar-refractivity contribution in [3.8, 4) is 0 Å². The van der Waals surface area contributed by atoms with Crippen molar-refractivity contribution >= 4 is 5.78 Å². The lowest BCUT2D eigenvalue weighted by atomic mass is 10.0. The summed E-state index contributed by atoms with van der Waals surface area (Å²) < 4.78 is 37.6. The van der Waals surface area contributed by atoms with Crippen molar-refractivity contribution in [1.82, 2.24) is 0 Å². The van der Waals surface area contributed by atoms with Crippen molar-refractivity contribution in [2.24, 2.45) is 5.73 Å². The SMILES string of the molecule is Cc1ccc(C(=O)CCN)cc1C(F)(F)F. The highest BCUT2D eigenvalue weighted by atomic mass is 19.4. The van der Waals surface area contributed by atoms with Gasteiger partial charge in [0.1, 0.15) is 0 Å². The van der Waals surface area contributed by atoms with Gasteiger partial charge in [0.25, 0.3) is 0 Å². The molecule has 0 saturated carbocycles. The van der Waals surface area contributed by atoms with E-state index < -0.39 is 11.7 Å². The van der Waals surface area contributed by atoms with Gasteiger partial charge in [-0.05, 0) is 25.1 Å². The fourth-order valence-electron chi connectivity index (χ4n) is 1.38. The molecular formula is C11H12F3NO. The zero-order valence-electron chi connectivity index (χ0n) is 8.77. The lowest BCUT2D eigenvalue weighted by molar-refractivity contribution is -0.138. The van der Waals surface area contributed by atoms with Crippen LogP contribution in [0.25, 0.3) is 0 Å². The van der Waals surface area contributed by atoms with E-state index in [0.717, 1.165) is 6.07 Å². The molecule has 0 fully saturated rings. The summed E-state index contributed by atoms with van der Waals surface area (Å²) in [4.78, 5) is 11.4. The molecule has 0 aliphatic rings. The second kappa shape index (κ2) is 4.65. The van der Waals surface area contributed by atoms with E-state index in [0.29, 0.717) is 0 Å². The zero-order valence-corrected chi connectivity index (χ0v) is 8.77. The second-order valence-corrected chi connectivity index (χ2v) is 3.49. The number of aryl methyl sites for hydroxylation is 1. The van der Waals surface area contributed by atoms with Gasteiger partial charge in [-0.15, -0.1) is 0 Å². The number of hydrogen-bond acceptors (Lipinski definition) is 2. The monoisotopic (exact) mass is 231 g/mol. The number of benzene rings is 1. The molecule has 0 radical (unpaired) electrons. The molecule has 0 aliphatic carbocycles. The molecule has 0 atom stereocenters. The van der Waals surface area contributed by atoms with Crippen LogP contribution in [0.5, 0.6) is 0 Å². The summed E-state index contributed by atoms with van der Waals surface area (Å²) in [6.07, 6.45) is -4.37. The van der Waals surface area contributed by atoms with Gasteiger partial charge in [0.05, 0.1) is 5.56 Å². The van der Waals surface area contributed by atoms with Gasteiger partial charge in [-0.2, -0.15) is 13.2 Å². The Morgan fingerprint density at radius 1 is 1.38 bits per heavy atom. The maximum absolute atomic E-state index is 12.5. The van der Waals surface area contributed by atoms with Crippen LogP contribution in [0.3, 0.4) is 0 Å². The molecule has 0 heterocycles. The average Bonchev–Trinajstić information content (AvgIpc) is 2.16. The molecule has 0 aromatic heterocycles. The minimum absolute atomic E-state index is 0.0559. The minimum atomic E-state index is -4.43. The first-order chi connectivity index (χ1) is 7.36. The number of alkyl halides is 3. The summed E-state index contributed by atoms with van der Waals surface area (Å²) >= 11 is 0. The highest BCUT2D eigenvalue weighted by Gasteiger charge is 2.32. The Labute approximate surface area is 91.3 Å². The summed E-state index contributed by atoms with van der Waals surface area (Å²) in [5, 5.41) is 0. The van der Waals surface area contributed by atoms with Crippen molar-refractivity contribution in [1.29, 1.82) is 0 Å². The number of rotatable bonds is 3. The first-order valence-corrected chi connectivity index (χ1v) is 4.77. The van der Waals surface area contributed by atoms with Gasteiger partial charge in [-0.1, -0.05) is 12.1 Å². The molecule has 1 aromatic rings. The lowest BCUT2D eigenvalue weighted by Gasteiger charge is -2.11. The molecule has 0 amide bonds. The van der Waals surface area contributed by atoms with Crippen molar-refractivity contribution in [2.75, 3.05) is 6.54 Å². The largest absolute Gasteiger partial charge is 0.416 e. The predicted molar refractivity (Wildman–Crippen MR) is 54.2 cm³/mol. The van der Waals surface area contributed by atoms with Gasteiger partial charge in [-0.25, -0.2) is 0 Å². The Bertz CT molecular complexity index is 399. The van der Waals surface area contributed by atoms with Gasteiger partial charge in [0, 0.05) is 12.0 Å². The van der Waals surface area contributed by atoms with E-state index in [-0.39, 0.29) is 29.9 Å². The van der Waals surface area contributed by atoms with Crippen LogP contribution in [-0.4, -0.2) is 12.3 Å². The Kier molecular flexibility index (Phi) is 3.70. The first kappa shape index (κ1) is 12.7. The fourth-order valence-corrected chi connectivity index (χ4v) is 1.38. The van der Waals surface area contributed by atoms with E-state index in [2.05, 4.69) is 0 Å². The maximum atomic E-state index is 12.5. The quantitative estimate of drug-likeness (QED) is 0.812. The van der Waals surface area contributed by atoms with E-state index in [9.17, 15) is 18.0 Å². The molecule has 2 N–H and O–H groups in total. The van der Waals surface area contributed by atoms with E-state index in [1.54, 1.807) is 0 Å². The van der Waals surface area contributed by atoms with Crippen LogP contribution < -0.4 is 5.73 Å². The maximum Gasteiger partial charge on any atom is 0.416 e. The highest BCUT2D eigenvalue weighted by Crippen LogP contribution is 2.32. The Hall–Kier alpha value is -1.36. The number of carbonyl (C=O) groups excluding carboxylic acids is 1. The second-order valence-electron chi connectivity index (χ2n) is 3.49. The number of hydrogen-bond donors (Lipinski definition) is 1. The minimum Gasteiger partial charge on any atom is -0.330 e. The van der Waals surface area contributed by atoms with Gasteiger partial charge >= 0.3 is 6.18 Å². The number of halogens is 3. The molecule has 1 rings (SSSR count). The molecule has 88 valence electrons. The van der Waals surface area contributed by atoms with E-state index in [1.165, 1.54) is 19.1 Å². The smallest absolute Gasteiger partial charge is 0.330 e. The molecule has 0 bridgehead atoms. The van der Waals surface area contributed by atoms with Crippen LogP contribution in [0, 0.1) is 6.92 Å². The van der Waals surface area contributed by atoms with Crippen LogP contribution >= 0.6 is 0 Å². The standard InChI is InChI=1S/C11H12F3NO/c1-7-2-3-8(10(16)4-5-15)6-9(7)11(12,13)14/h2-3,6H,4-5,15H2,1H3. The normalized spacial score (nSPS) is 11.6. The van der Waals surface area contributed by atoms with Crippen LogP contribution in [0.1, 0.15) is 27.9 Å². The van der Waals surface area contributed by atoms with Gasteiger partial charge in [-0.3, -0.25) is 4.79 Å². The van der Waals surface area contributed by atoms with Crippen molar-refractivity contribution < 1.29 is 18.0 Å². The van der Waals surface area contributed by atoms with E-state index >= 15 is 0 Å². The number of ketones is 1. The average molecular weight is 231 g/mol. The zero-order chi connectivity index (χ0) is 12.3. The van der Waals surface area contributed by atoms with Crippen LogP contribution in [0.15, 0.2) is 18.2 Å². The van der Waals surface area contributed by atoms with Gasteiger partial charge < -0.3 is 5.73 Å². The lowest BCUT2D eigenvalue weighted by Crippen LogP contribution is -2.12. The molecule has 0 saturated heterocycles. The Balaban J connectivity index is 3.13. The van der Waals surface area contributed by atoms with E-state index in [1.807, 2.05) is 0 Å². The first-order valence-electron chi connectivity index (χ1n) is 4.77. The van der Waals surface area contributed by atoms with Crippen molar-refractivity contribution in [3.63, 3.8) is 0 Å². The third kappa shape index (κ3) is 2.82. The van der Waals surface area contributed by atoms with Crippen molar-refractivity contribution in [3.05, 3.63) is 34.9 Å². The summed E-state index contributed by atoms with van der Waals surface area (Å²) in [6.45, 7) is 1.49. The molecule has 2 nitrogen and oxygen atoms in total. The Morgan fingerprint density at radius 3 is 2.50 bits per heavy atom. The number of carbonyl (C=O) groups is 1. The molecule has 1 aromatic carbocycles. The van der Waals surface area contributed by atoms with Crippen LogP contribution in [0.2, 0.25) is 0 Å². The van der Waals surface area contributed by atoms with Gasteiger partial charge in [0.2, 0.25) is 0 Å². The summed E-state index contributed by atoms with van der Waals surface area (Å²) in [6, 6.07) is 3.57. The predicted octanol–water partition coefficient (Wildman–Crippen LogP) is 2.55. The molecule has 16 heavy (non-hydrogen) atoms. The Morgan fingerprint density at radius 2 is 2.00 bits per heavy atom. The molecule has 0 aliphatic heterocycles. The third-order valence-electron chi connectivity index (χ3n) is 2.24. The van der Waals surface area contributed by atoms with Crippen molar-refractivity contribution in [2.45, 2.75) is 19.5 Å². The van der Waals surface area contributed by atoms with Crippen LogP contribution in [-0.2, 0) is 6.18 Å². The number of Topliss-reactive ketones (excluding diaryl/α,β-unsaturated/α-hetero) is 1.